The third kappa shape index (κ3) is 4.27. The van der Waals surface area contributed by atoms with Gasteiger partial charge in [0.2, 0.25) is 0 Å². The maximum absolute atomic E-state index is 4.62. The Morgan fingerprint density at radius 2 is 1.90 bits per heavy atom. The smallest absolute Gasteiger partial charge is 0.00958 e. The lowest BCUT2D eigenvalue weighted by molar-refractivity contribution is 0.514. The van der Waals surface area contributed by atoms with Gasteiger partial charge in [-0.15, -0.1) is 0 Å². The summed E-state index contributed by atoms with van der Waals surface area (Å²) in [6, 6.07) is 0. The molecule has 0 aliphatic heterocycles. The lowest BCUT2D eigenvalue weighted by Crippen LogP contribution is -2.07. The first-order valence-corrected chi connectivity index (χ1v) is 3.61. The Labute approximate surface area is 68.0 Å². The van der Waals surface area contributed by atoms with E-state index in [2.05, 4.69) is 12.2 Å². The van der Waals surface area contributed by atoms with Crippen molar-refractivity contribution < 1.29 is 0 Å². The first kappa shape index (κ1) is 9.37. The standard InChI is InChI=1S/C8H13NS/c1-8(9(2)3)6-4-5-7-10/h4-7H,1-3H3/b5-4-,8-6+. The van der Waals surface area contributed by atoms with Crippen molar-refractivity contribution in [2.45, 2.75) is 6.92 Å². The van der Waals surface area contributed by atoms with Gasteiger partial charge < -0.3 is 4.90 Å². The van der Waals surface area contributed by atoms with Crippen LogP contribution in [0.2, 0.25) is 0 Å². The number of hydrogen-bond acceptors (Lipinski definition) is 2. The summed E-state index contributed by atoms with van der Waals surface area (Å²) in [5.41, 5.74) is 1.22. The predicted molar refractivity (Wildman–Crippen MR) is 50.2 cm³/mol. The summed E-state index contributed by atoms with van der Waals surface area (Å²) in [4.78, 5) is 2.05. The second-order valence-corrected chi connectivity index (χ2v) is 2.50. The van der Waals surface area contributed by atoms with Crippen LogP contribution in [0.25, 0.3) is 0 Å². The summed E-state index contributed by atoms with van der Waals surface area (Å²) in [6.45, 7) is 2.05. The van der Waals surface area contributed by atoms with Crippen LogP contribution in [-0.4, -0.2) is 24.4 Å². The van der Waals surface area contributed by atoms with Gasteiger partial charge in [-0.3, -0.25) is 0 Å². The van der Waals surface area contributed by atoms with E-state index in [1.165, 1.54) is 5.70 Å². The second kappa shape index (κ2) is 5.18. The summed E-state index contributed by atoms with van der Waals surface area (Å²) in [5.74, 6) is 0. The van der Waals surface area contributed by atoms with Gasteiger partial charge in [0, 0.05) is 25.2 Å². The van der Waals surface area contributed by atoms with Crippen molar-refractivity contribution in [1.29, 1.82) is 0 Å². The van der Waals surface area contributed by atoms with E-state index < -0.39 is 0 Å². The molecule has 0 aliphatic rings. The quantitative estimate of drug-likeness (QED) is 0.348. The fourth-order valence-electron chi connectivity index (χ4n) is 0.389. The molecular formula is C8H13NS. The molecule has 0 unspecified atom stereocenters. The number of thiocarbonyl (C=S) groups is 1. The molecule has 0 N–H and O–H groups in total. The van der Waals surface area contributed by atoms with Gasteiger partial charge in [0.05, 0.1) is 0 Å². The van der Waals surface area contributed by atoms with Crippen LogP contribution in [-0.2, 0) is 0 Å². The van der Waals surface area contributed by atoms with Gasteiger partial charge in [0.25, 0.3) is 0 Å². The second-order valence-electron chi connectivity index (χ2n) is 2.22. The minimum absolute atomic E-state index is 1.22. The molecule has 1 nitrogen and oxygen atoms in total. The lowest BCUT2D eigenvalue weighted by atomic mass is 10.4. The molecule has 0 spiro atoms. The zero-order chi connectivity index (χ0) is 7.98. The number of allylic oxidation sites excluding steroid dienone is 4. The Hall–Kier alpha value is -0.630. The Balaban J connectivity index is 3.91. The number of nitrogens with zero attached hydrogens (tertiary/aromatic N) is 1. The first-order valence-electron chi connectivity index (χ1n) is 3.14. The Morgan fingerprint density at radius 3 is 2.30 bits per heavy atom. The van der Waals surface area contributed by atoms with Gasteiger partial charge in [-0.1, -0.05) is 24.4 Å². The zero-order valence-corrected chi connectivity index (χ0v) is 7.48. The Kier molecular flexibility index (Phi) is 4.85. The van der Waals surface area contributed by atoms with E-state index in [9.17, 15) is 0 Å². The lowest BCUT2D eigenvalue weighted by Gasteiger charge is -2.10. The maximum Gasteiger partial charge on any atom is 0.00958 e. The monoisotopic (exact) mass is 155 g/mol. The van der Waals surface area contributed by atoms with Gasteiger partial charge >= 0.3 is 0 Å². The van der Waals surface area contributed by atoms with Gasteiger partial charge in [-0.05, 0) is 13.0 Å². The highest BCUT2D eigenvalue weighted by Gasteiger charge is 1.84. The number of rotatable bonds is 3. The summed E-state index contributed by atoms with van der Waals surface area (Å²) in [7, 11) is 4.02. The molecule has 0 amide bonds. The molecule has 0 fully saturated rings. The Bertz CT molecular complexity index is 157. The fourth-order valence-corrected chi connectivity index (χ4v) is 0.480. The normalized spacial score (nSPS) is 12.1. The van der Waals surface area contributed by atoms with Crippen molar-refractivity contribution in [3.8, 4) is 0 Å². The molecule has 0 rings (SSSR count). The molecule has 0 aromatic carbocycles. The molecule has 0 saturated heterocycles. The summed E-state index contributed by atoms with van der Waals surface area (Å²) in [5, 5.41) is 1.60. The van der Waals surface area contributed by atoms with Crippen LogP contribution in [0.15, 0.2) is 23.9 Å². The molecule has 0 aromatic heterocycles. The molecule has 0 saturated carbocycles. The van der Waals surface area contributed by atoms with Crippen LogP contribution in [0.4, 0.5) is 0 Å². The van der Waals surface area contributed by atoms with Crippen LogP contribution >= 0.6 is 12.2 Å². The van der Waals surface area contributed by atoms with E-state index in [1.807, 2.05) is 44.1 Å². The van der Waals surface area contributed by atoms with E-state index in [0.717, 1.165) is 0 Å². The highest BCUT2D eigenvalue weighted by Crippen LogP contribution is 1.94. The molecule has 0 bridgehead atoms. The first-order chi connectivity index (χ1) is 4.68. The molecule has 0 radical (unpaired) electrons. The summed E-state index contributed by atoms with van der Waals surface area (Å²) >= 11 is 4.62. The van der Waals surface area contributed by atoms with Crippen molar-refractivity contribution in [3.05, 3.63) is 23.9 Å². The molecule has 0 atom stereocenters. The molecular weight excluding hydrogens is 142 g/mol. The summed E-state index contributed by atoms with van der Waals surface area (Å²) in [6.07, 6.45) is 5.79. The minimum Gasteiger partial charge on any atom is -0.381 e. The van der Waals surface area contributed by atoms with Gasteiger partial charge in [-0.2, -0.15) is 0 Å². The van der Waals surface area contributed by atoms with E-state index >= 15 is 0 Å². The molecule has 10 heavy (non-hydrogen) atoms. The van der Waals surface area contributed by atoms with Gasteiger partial charge in [0.15, 0.2) is 0 Å². The van der Waals surface area contributed by atoms with Crippen molar-refractivity contribution >= 4 is 17.6 Å². The molecule has 0 heterocycles. The van der Waals surface area contributed by atoms with Crippen LogP contribution in [0.3, 0.4) is 0 Å². The predicted octanol–water partition coefficient (Wildman–Crippen LogP) is 2.01. The average molecular weight is 155 g/mol. The molecule has 0 aromatic rings. The van der Waals surface area contributed by atoms with Crippen LogP contribution in [0.1, 0.15) is 6.92 Å². The van der Waals surface area contributed by atoms with E-state index in [-0.39, 0.29) is 0 Å². The maximum atomic E-state index is 4.62. The zero-order valence-electron chi connectivity index (χ0n) is 6.66. The van der Waals surface area contributed by atoms with E-state index in [0.29, 0.717) is 0 Å². The van der Waals surface area contributed by atoms with E-state index in [4.69, 9.17) is 0 Å². The fraction of sp³-hybridized carbons (Fsp3) is 0.375. The topological polar surface area (TPSA) is 3.24 Å². The van der Waals surface area contributed by atoms with Crippen molar-refractivity contribution in [1.82, 2.24) is 4.90 Å². The van der Waals surface area contributed by atoms with E-state index in [1.54, 1.807) is 5.37 Å². The van der Waals surface area contributed by atoms with Crippen molar-refractivity contribution in [2.75, 3.05) is 14.1 Å². The largest absolute Gasteiger partial charge is 0.381 e. The minimum atomic E-state index is 1.22. The molecule has 2 heteroatoms. The Morgan fingerprint density at radius 1 is 1.30 bits per heavy atom. The third-order valence-electron chi connectivity index (χ3n) is 1.23. The van der Waals surface area contributed by atoms with Crippen molar-refractivity contribution in [3.63, 3.8) is 0 Å². The van der Waals surface area contributed by atoms with Gasteiger partial charge in [0.1, 0.15) is 0 Å². The van der Waals surface area contributed by atoms with Crippen LogP contribution in [0, 0.1) is 0 Å². The number of hydrogen-bond donors (Lipinski definition) is 0. The molecule has 56 valence electrons. The van der Waals surface area contributed by atoms with Crippen molar-refractivity contribution in [2.24, 2.45) is 0 Å². The summed E-state index contributed by atoms with van der Waals surface area (Å²) < 4.78 is 0. The average Bonchev–Trinajstić information content (AvgIpc) is 1.88. The molecule has 0 aliphatic carbocycles. The van der Waals surface area contributed by atoms with Gasteiger partial charge in [-0.25, -0.2) is 0 Å². The van der Waals surface area contributed by atoms with Crippen LogP contribution < -0.4 is 0 Å². The highest BCUT2D eigenvalue weighted by atomic mass is 32.1. The third-order valence-corrected chi connectivity index (χ3v) is 1.39. The SMILES string of the molecule is C/C(=C\C=C/C=S)N(C)C. The highest BCUT2D eigenvalue weighted by molar-refractivity contribution is 7.79. The van der Waals surface area contributed by atoms with Crippen LogP contribution in [0.5, 0.6) is 0 Å².